The normalized spacial score (nSPS) is 17.8. The zero-order valence-corrected chi connectivity index (χ0v) is 12.5. The minimum absolute atomic E-state index is 0.812. The monoisotopic (exact) mass is 296 g/mol. The molecule has 17 heavy (non-hydrogen) atoms. The number of aromatic nitrogens is 1. The van der Waals surface area contributed by atoms with Crippen molar-refractivity contribution in [2.75, 3.05) is 18.0 Å². The van der Waals surface area contributed by atoms with Crippen molar-refractivity contribution < 1.29 is 0 Å². The molecule has 0 unspecified atom stereocenters. The molecule has 0 aromatic carbocycles. The van der Waals surface area contributed by atoms with Gasteiger partial charge in [-0.3, -0.25) is 0 Å². The van der Waals surface area contributed by atoms with Gasteiger partial charge in [-0.15, -0.1) is 0 Å². The van der Waals surface area contributed by atoms with Crippen LogP contribution in [0, 0.1) is 18.8 Å². The van der Waals surface area contributed by atoms with Crippen LogP contribution in [0.5, 0.6) is 0 Å². The number of anilines is 1. The van der Waals surface area contributed by atoms with Crippen molar-refractivity contribution in [3.8, 4) is 0 Å². The van der Waals surface area contributed by atoms with E-state index in [1.54, 1.807) is 0 Å². The van der Waals surface area contributed by atoms with Crippen LogP contribution in [0.15, 0.2) is 16.7 Å². The Labute approximate surface area is 113 Å². The molecular formula is C14H21BrN2. The second kappa shape index (κ2) is 5.38. The van der Waals surface area contributed by atoms with Gasteiger partial charge in [-0.05, 0) is 59.2 Å². The molecule has 1 aliphatic rings. The molecule has 1 saturated heterocycles. The highest BCUT2D eigenvalue weighted by Crippen LogP contribution is 2.30. The summed E-state index contributed by atoms with van der Waals surface area (Å²) in [6, 6.07) is 2.15. The number of hydrogen-bond acceptors (Lipinski definition) is 2. The van der Waals surface area contributed by atoms with Crippen molar-refractivity contribution in [1.82, 2.24) is 4.98 Å². The molecule has 1 aromatic heterocycles. The number of hydrogen-bond donors (Lipinski definition) is 0. The number of pyridine rings is 1. The molecule has 0 aliphatic carbocycles. The minimum Gasteiger partial charge on any atom is -0.356 e. The van der Waals surface area contributed by atoms with Crippen LogP contribution in [0.3, 0.4) is 0 Å². The van der Waals surface area contributed by atoms with Crippen LogP contribution < -0.4 is 4.90 Å². The lowest BCUT2D eigenvalue weighted by molar-refractivity contribution is 0.310. The van der Waals surface area contributed by atoms with Gasteiger partial charge in [0, 0.05) is 19.3 Å². The molecule has 0 atom stereocenters. The molecule has 0 bridgehead atoms. The van der Waals surface area contributed by atoms with Gasteiger partial charge in [0.1, 0.15) is 5.82 Å². The van der Waals surface area contributed by atoms with E-state index in [-0.39, 0.29) is 0 Å². The standard InChI is InChI=1S/C14H21BrN2/c1-10(2)12-4-6-17(7-5-12)14-13(15)8-11(3)9-16-14/h8-10,12H,4-7H2,1-3H3. The molecular weight excluding hydrogens is 276 g/mol. The van der Waals surface area contributed by atoms with Gasteiger partial charge in [0.15, 0.2) is 0 Å². The van der Waals surface area contributed by atoms with Gasteiger partial charge in [-0.1, -0.05) is 13.8 Å². The fraction of sp³-hybridized carbons (Fsp3) is 0.643. The fourth-order valence-electron chi connectivity index (χ4n) is 2.54. The predicted octanol–water partition coefficient (Wildman–Crippen LogP) is 4.02. The van der Waals surface area contributed by atoms with E-state index in [4.69, 9.17) is 0 Å². The molecule has 0 amide bonds. The Kier molecular flexibility index (Phi) is 4.08. The first kappa shape index (κ1) is 12.9. The SMILES string of the molecule is Cc1cnc(N2CCC(C(C)C)CC2)c(Br)c1. The van der Waals surface area contributed by atoms with Crippen molar-refractivity contribution in [2.24, 2.45) is 11.8 Å². The molecule has 1 aliphatic heterocycles. The highest BCUT2D eigenvalue weighted by atomic mass is 79.9. The highest BCUT2D eigenvalue weighted by Gasteiger charge is 2.23. The Balaban J connectivity index is 2.05. The van der Waals surface area contributed by atoms with Crippen molar-refractivity contribution in [1.29, 1.82) is 0 Å². The number of piperidine rings is 1. The second-order valence-corrected chi connectivity index (χ2v) is 6.24. The molecule has 1 aromatic rings. The zero-order valence-electron chi connectivity index (χ0n) is 10.9. The van der Waals surface area contributed by atoms with Crippen LogP contribution in [0.25, 0.3) is 0 Å². The van der Waals surface area contributed by atoms with Gasteiger partial charge in [0.05, 0.1) is 4.47 Å². The minimum atomic E-state index is 0.812. The second-order valence-electron chi connectivity index (χ2n) is 5.39. The highest BCUT2D eigenvalue weighted by molar-refractivity contribution is 9.10. The summed E-state index contributed by atoms with van der Waals surface area (Å²) in [5.74, 6) is 2.81. The van der Waals surface area contributed by atoms with Crippen LogP contribution >= 0.6 is 15.9 Å². The average molecular weight is 297 g/mol. The van der Waals surface area contributed by atoms with E-state index in [2.05, 4.69) is 52.7 Å². The molecule has 94 valence electrons. The maximum absolute atomic E-state index is 4.55. The Morgan fingerprint density at radius 3 is 2.53 bits per heavy atom. The van der Waals surface area contributed by atoms with Gasteiger partial charge in [0.2, 0.25) is 0 Å². The van der Waals surface area contributed by atoms with Gasteiger partial charge < -0.3 is 4.90 Å². The van der Waals surface area contributed by atoms with Crippen molar-refractivity contribution in [3.05, 3.63) is 22.3 Å². The Bertz CT molecular complexity index is 382. The maximum Gasteiger partial charge on any atom is 0.142 e. The van der Waals surface area contributed by atoms with E-state index in [1.165, 1.54) is 18.4 Å². The van der Waals surface area contributed by atoms with Crippen molar-refractivity contribution >= 4 is 21.7 Å². The zero-order chi connectivity index (χ0) is 12.4. The van der Waals surface area contributed by atoms with Gasteiger partial charge >= 0.3 is 0 Å². The number of aryl methyl sites for hydroxylation is 1. The van der Waals surface area contributed by atoms with E-state index < -0.39 is 0 Å². The fourth-order valence-corrected chi connectivity index (χ4v) is 3.25. The summed E-state index contributed by atoms with van der Waals surface area (Å²) in [6.45, 7) is 9.02. The molecule has 2 rings (SSSR count). The van der Waals surface area contributed by atoms with Gasteiger partial charge in [0.25, 0.3) is 0 Å². The lowest BCUT2D eigenvalue weighted by Crippen LogP contribution is -2.35. The van der Waals surface area contributed by atoms with E-state index in [1.807, 2.05) is 6.20 Å². The Morgan fingerprint density at radius 2 is 2.00 bits per heavy atom. The molecule has 2 nitrogen and oxygen atoms in total. The molecule has 0 spiro atoms. The summed E-state index contributed by atoms with van der Waals surface area (Å²) in [4.78, 5) is 6.96. The molecule has 1 fully saturated rings. The smallest absolute Gasteiger partial charge is 0.142 e. The Morgan fingerprint density at radius 1 is 1.35 bits per heavy atom. The largest absolute Gasteiger partial charge is 0.356 e. The third-order valence-corrected chi connectivity index (χ3v) is 4.32. The van der Waals surface area contributed by atoms with Gasteiger partial charge in [-0.2, -0.15) is 0 Å². The van der Waals surface area contributed by atoms with Gasteiger partial charge in [-0.25, -0.2) is 4.98 Å². The molecule has 0 radical (unpaired) electrons. The topological polar surface area (TPSA) is 16.1 Å². The predicted molar refractivity (Wildman–Crippen MR) is 76.4 cm³/mol. The van der Waals surface area contributed by atoms with E-state index in [0.717, 1.165) is 35.2 Å². The lowest BCUT2D eigenvalue weighted by atomic mass is 9.87. The van der Waals surface area contributed by atoms with Crippen LogP contribution in [0.1, 0.15) is 32.3 Å². The van der Waals surface area contributed by atoms with E-state index >= 15 is 0 Å². The van der Waals surface area contributed by atoms with Crippen molar-refractivity contribution in [2.45, 2.75) is 33.6 Å². The molecule has 0 saturated carbocycles. The molecule has 0 N–H and O–H groups in total. The number of rotatable bonds is 2. The first-order valence-electron chi connectivity index (χ1n) is 6.45. The number of nitrogens with zero attached hydrogens (tertiary/aromatic N) is 2. The maximum atomic E-state index is 4.55. The van der Waals surface area contributed by atoms with E-state index in [9.17, 15) is 0 Å². The Hall–Kier alpha value is -0.570. The summed E-state index contributed by atoms with van der Waals surface area (Å²) in [5.41, 5.74) is 1.21. The van der Waals surface area contributed by atoms with Crippen LogP contribution in [-0.4, -0.2) is 18.1 Å². The third kappa shape index (κ3) is 3.01. The lowest BCUT2D eigenvalue weighted by Gasteiger charge is -2.35. The summed E-state index contributed by atoms with van der Waals surface area (Å²) in [5, 5.41) is 0. The van der Waals surface area contributed by atoms with Crippen molar-refractivity contribution in [3.63, 3.8) is 0 Å². The van der Waals surface area contributed by atoms with Crippen LogP contribution in [0.2, 0.25) is 0 Å². The summed E-state index contributed by atoms with van der Waals surface area (Å²) < 4.78 is 1.13. The van der Waals surface area contributed by atoms with E-state index in [0.29, 0.717) is 0 Å². The molecule has 2 heterocycles. The average Bonchev–Trinajstić information content (AvgIpc) is 2.29. The summed E-state index contributed by atoms with van der Waals surface area (Å²) in [6.07, 6.45) is 4.54. The van der Waals surface area contributed by atoms with Crippen LogP contribution in [0.4, 0.5) is 5.82 Å². The summed E-state index contributed by atoms with van der Waals surface area (Å²) >= 11 is 3.62. The first-order chi connectivity index (χ1) is 8.08. The molecule has 3 heteroatoms. The van der Waals surface area contributed by atoms with Crippen LogP contribution in [-0.2, 0) is 0 Å². The number of halogens is 1. The third-order valence-electron chi connectivity index (χ3n) is 3.74. The first-order valence-corrected chi connectivity index (χ1v) is 7.24. The quantitative estimate of drug-likeness (QED) is 0.819. The summed E-state index contributed by atoms with van der Waals surface area (Å²) in [7, 11) is 0.